The molecule has 0 atom stereocenters. The Morgan fingerprint density at radius 2 is 1.93 bits per heavy atom. The van der Waals surface area contributed by atoms with Crippen molar-refractivity contribution in [1.29, 1.82) is 0 Å². The van der Waals surface area contributed by atoms with Gasteiger partial charge >= 0.3 is 0 Å². The number of halogens is 1. The third kappa shape index (κ3) is 6.10. The fourth-order valence-corrected chi connectivity index (χ4v) is 4.00. The SMILES string of the molecule is CCNC(=NCc1ccc(OC)cc1OC)N1CCN(c2nc(CC)ns2)CC1.I. The monoisotopic (exact) mass is 546 g/mol. The molecule has 1 aromatic carbocycles. The molecule has 1 aliphatic rings. The normalized spacial score (nSPS) is 14.3. The zero-order valence-corrected chi connectivity index (χ0v) is 21.2. The summed E-state index contributed by atoms with van der Waals surface area (Å²) in [5.74, 6) is 3.42. The number of hydrogen-bond acceptors (Lipinski definition) is 7. The summed E-state index contributed by atoms with van der Waals surface area (Å²) in [4.78, 5) is 14.1. The molecule has 1 aliphatic heterocycles. The van der Waals surface area contributed by atoms with Crippen LogP contribution in [0.2, 0.25) is 0 Å². The maximum atomic E-state index is 5.50. The molecule has 0 saturated carbocycles. The number of piperazine rings is 1. The largest absolute Gasteiger partial charge is 0.497 e. The first kappa shape index (κ1) is 24.4. The van der Waals surface area contributed by atoms with Crippen molar-refractivity contribution in [1.82, 2.24) is 19.6 Å². The van der Waals surface area contributed by atoms with Gasteiger partial charge in [0.15, 0.2) is 5.96 Å². The van der Waals surface area contributed by atoms with E-state index < -0.39 is 0 Å². The first-order chi connectivity index (χ1) is 14.2. The summed E-state index contributed by atoms with van der Waals surface area (Å²) in [6.07, 6.45) is 0.877. The topological polar surface area (TPSA) is 75.1 Å². The highest BCUT2D eigenvalue weighted by Gasteiger charge is 2.22. The molecule has 0 unspecified atom stereocenters. The lowest BCUT2D eigenvalue weighted by atomic mass is 10.2. The van der Waals surface area contributed by atoms with Crippen LogP contribution in [0.1, 0.15) is 25.2 Å². The molecule has 166 valence electrons. The molecule has 1 aromatic heterocycles. The minimum atomic E-state index is 0. The van der Waals surface area contributed by atoms with E-state index in [1.165, 1.54) is 11.5 Å². The van der Waals surface area contributed by atoms with Crippen molar-refractivity contribution in [2.24, 2.45) is 4.99 Å². The summed E-state index contributed by atoms with van der Waals surface area (Å²) in [6.45, 7) is 9.16. The number of guanidine groups is 1. The summed E-state index contributed by atoms with van der Waals surface area (Å²) < 4.78 is 15.2. The molecule has 8 nitrogen and oxygen atoms in total. The van der Waals surface area contributed by atoms with Crippen LogP contribution in [0.25, 0.3) is 0 Å². The van der Waals surface area contributed by atoms with Crippen LogP contribution in [0.15, 0.2) is 23.2 Å². The number of anilines is 1. The van der Waals surface area contributed by atoms with Gasteiger partial charge in [0, 0.05) is 62.3 Å². The van der Waals surface area contributed by atoms with Crippen LogP contribution in [-0.4, -0.2) is 67.2 Å². The van der Waals surface area contributed by atoms with Gasteiger partial charge in [-0.3, -0.25) is 0 Å². The molecule has 0 spiro atoms. The van der Waals surface area contributed by atoms with Gasteiger partial charge in [-0.1, -0.05) is 6.92 Å². The quantitative estimate of drug-likeness (QED) is 0.325. The van der Waals surface area contributed by atoms with Gasteiger partial charge in [-0.25, -0.2) is 9.98 Å². The molecule has 1 N–H and O–H groups in total. The van der Waals surface area contributed by atoms with Gasteiger partial charge in [-0.2, -0.15) is 4.37 Å². The van der Waals surface area contributed by atoms with E-state index in [0.717, 1.165) is 73.1 Å². The van der Waals surface area contributed by atoms with E-state index in [4.69, 9.17) is 14.5 Å². The van der Waals surface area contributed by atoms with Crippen LogP contribution in [0.3, 0.4) is 0 Å². The zero-order chi connectivity index (χ0) is 20.6. The zero-order valence-electron chi connectivity index (χ0n) is 18.1. The van der Waals surface area contributed by atoms with Gasteiger partial charge in [0.05, 0.1) is 20.8 Å². The third-order valence-corrected chi connectivity index (χ3v) is 5.67. The maximum absolute atomic E-state index is 5.50. The van der Waals surface area contributed by atoms with Crippen molar-refractivity contribution in [3.8, 4) is 11.5 Å². The van der Waals surface area contributed by atoms with Crippen LogP contribution in [0, 0.1) is 0 Å². The summed E-state index contributed by atoms with van der Waals surface area (Å²) >= 11 is 1.49. The van der Waals surface area contributed by atoms with Crippen LogP contribution >= 0.6 is 35.5 Å². The van der Waals surface area contributed by atoms with Crippen LogP contribution < -0.4 is 19.7 Å². The number of nitrogens with zero attached hydrogens (tertiary/aromatic N) is 5. The molecule has 0 radical (unpaired) electrons. The van der Waals surface area contributed by atoms with Gasteiger partial charge in [-0.15, -0.1) is 24.0 Å². The van der Waals surface area contributed by atoms with E-state index in [1.807, 2.05) is 18.2 Å². The second kappa shape index (κ2) is 12.1. The average molecular weight is 546 g/mol. The molecule has 30 heavy (non-hydrogen) atoms. The third-order valence-electron chi connectivity index (χ3n) is 4.85. The second-order valence-corrected chi connectivity index (χ2v) is 7.40. The Balaban J connectivity index is 0.00000320. The molecule has 1 fully saturated rings. The van der Waals surface area contributed by atoms with Crippen molar-refractivity contribution in [2.45, 2.75) is 26.8 Å². The molecule has 0 aliphatic carbocycles. The number of hydrogen-bond donors (Lipinski definition) is 1. The summed E-state index contributed by atoms with van der Waals surface area (Å²) in [6, 6.07) is 5.83. The first-order valence-electron chi connectivity index (χ1n) is 10.00. The van der Waals surface area contributed by atoms with Crippen molar-refractivity contribution < 1.29 is 9.47 Å². The van der Waals surface area contributed by atoms with Crippen molar-refractivity contribution in [3.05, 3.63) is 29.6 Å². The highest BCUT2D eigenvalue weighted by atomic mass is 127. The Morgan fingerprint density at radius 1 is 1.17 bits per heavy atom. The second-order valence-electron chi connectivity index (χ2n) is 6.67. The fraction of sp³-hybridized carbons (Fsp3) is 0.550. The lowest BCUT2D eigenvalue weighted by molar-refractivity contribution is 0.371. The van der Waals surface area contributed by atoms with Gasteiger partial charge in [-0.05, 0) is 19.1 Å². The Labute approximate surface area is 199 Å². The number of aliphatic imine (C=N–C) groups is 1. The number of nitrogens with one attached hydrogen (secondary N) is 1. The highest BCUT2D eigenvalue weighted by molar-refractivity contribution is 14.0. The van der Waals surface area contributed by atoms with Crippen LogP contribution in [-0.2, 0) is 13.0 Å². The van der Waals surface area contributed by atoms with Gasteiger partial charge in [0.25, 0.3) is 0 Å². The predicted molar refractivity (Wildman–Crippen MR) is 133 cm³/mol. The molecular weight excluding hydrogens is 515 g/mol. The maximum Gasteiger partial charge on any atom is 0.205 e. The van der Waals surface area contributed by atoms with Gasteiger partial charge in [0.1, 0.15) is 17.3 Å². The molecule has 10 heteroatoms. The van der Waals surface area contributed by atoms with E-state index in [9.17, 15) is 0 Å². The molecular formula is C20H31IN6O2S. The Morgan fingerprint density at radius 3 is 2.53 bits per heavy atom. The van der Waals surface area contributed by atoms with Gasteiger partial charge < -0.3 is 24.6 Å². The lowest BCUT2D eigenvalue weighted by Gasteiger charge is -2.36. The van der Waals surface area contributed by atoms with Crippen molar-refractivity contribution >= 4 is 46.6 Å². The molecule has 3 rings (SSSR count). The van der Waals surface area contributed by atoms with E-state index in [-0.39, 0.29) is 24.0 Å². The molecule has 2 aromatic rings. The Kier molecular flexibility index (Phi) is 9.89. The van der Waals surface area contributed by atoms with Crippen molar-refractivity contribution in [2.75, 3.05) is 51.8 Å². The molecule has 1 saturated heterocycles. The van der Waals surface area contributed by atoms with Gasteiger partial charge in [0.2, 0.25) is 5.13 Å². The van der Waals surface area contributed by atoms with E-state index in [0.29, 0.717) is 6.54 Å². The number of aryl methyl sites for hydroxylation is 1. The summed E-state index contributed by atoms with van der Waals surface area (Å²) in [7, 11) is 3.32. The number of rotatable bonds is 7. The molecule has 0 bridgehead atoms. The fourth-order valence-electron chi connectivity index (χ4n) is 3.19. The first-order valence-corrected chi connectivity index (χ1v) is 10.8. The van der Waals surface area contributed by atoms with Crippen molar-refractivity contribution in [3.63, 3.8) is 0 Å². The van der Waals surface area contributed by atoms with Crippen LogP contribution in [0.5, 0.6) is 11.5 Å². The summed E-state index contributed by atoms with van der Waals surface area (Å²) in [5, 5.41) is 4.44. The van der Waals surface area contributed by atoms with E-state index in [2.05, 4.69) is 38.3 Å². The average Bonchev–Trinajstić information content (AvgIpc) is 3.26. The number of aromatic nitrogens is 2. The number of ether oxygens (including phenoxy) is 2. The smallest absolute Gasteiger partial charge is 0.205 e. The Bertz CT molecular complexity index is 823. The minimum absolute atomic E-state index is 0. The van der Waals surface area contributed by atoms with E-state index >= 15 is 0 Å². The number of benzene rings is 1. The van der Waals surface area contributed by atoms with Crippen LogP contribution in [0.4, 0.5) is 5.13 Å². The standard InChI is InChI=1S/C20H30N6O2S.HI/c1-5-18-23-20(29-24-18)26-11-9-25(10-12-26)19(21-6-2)22-14-15-7-8-16(27-3)13-17(15)28-4;/h7-8,13H,5-6,9-12,14H2,1-4H3,(H,21,22);1H. The van der Waals surface area contributed by atoms with E-state index in [1.54, 1.807) is 14.2 Å². The highest BCUT2D eigenvalue weighted by Crippen LogP contribution is 2.25. The Hall–Kier alpha value is -1.82. The predicted octanol–water partition coefficient (Wildman–Crippen LogP) is 3.02. The number of methoxy groups -OCH3 is 2. The molecule has 0 amide bonds. The lowest BCUT2D eigenvalue weighted by Crippen LogP contribution is -2.52. The minimum Gasteiger partial charge on any atom is -0.497 e. The molecule has 2 heterocycles. The summed E-state index contributed by atoms with van der Waals surface area (Å²) in [5.41, 5.74) is 1.03.